The van der Waals surface area contributed by atoms with Crippen molar-refractivity contribution >= 4 is 11.4 Å². The first-order chi connectivity index (χ1) is 10.8. The fourth-order valence-electron chi connectivity index (χ4n) is 2.57. The third-order valence-corrected chi connectivity index (χ3v) is 3.81. The van der Waals surface area contributed by atoms with Crippen molar-refractivity contribution in [3.05, 3.63) is 78.9 Å². The molecule has 0 unspecified atom stereocenters. The van der Waals surface area contributed by atoms with Gasteiger partial charge >= 0.3 is 0 Å². The predicted octanol–water partition coefficient (Wildman–Crippen LogP) is 5.13. The van der Waals surface area contributed by atoms with Crippen LogP contribution >= 0.6 is 0 Å². The molecule has 3 aromatic rings. The average Bonchev–Trinajstić information content (AvgIpc) is 2.62. The molecule has 0 fully saturated rings. The minimum absolute atomic E-state index is 0.869. The Bertz CT molecular complexity index is 735. The SMILES string of the molecule is COc1ccc(N(C)c2ccccc2-c2ccccc2)cc1. The highest BCUT2D eigenvalue weighted by Gasteiger charge is 2.10. The van der Waals surface area contributed by atoms with Gasteiger partial charge in [0.2, 0.25) is 0 Å². The summed E-state index contributed by atoms with van der Waals surface area (Å²) in [6.07, 6.45) is 0. The lowest BCUT2D eigenvalue weighted by molar-refractivity contribution is 0.415. The maximum Gasteiger partial charge on any atom is 0.119 e. The molecule has 3 aromatic carbocycles. The first-order valence-electron chi connectivity index (χ1n) is 7.32. The molecule has 0 saturated carbocycles. The van der Waals surface area contributed by atoms with Gasteiger partial charge in [0, 0.05) is 24.0 Å². The summed E-state index contributed by atoms with van der Waals surface area (Å²) in [5, 5.41) is 0. The first kappa shape index (κ1) is 14.2. The molecule has 0 aliphatic heterocycles. The van der Waals surface area contributed by atoms with Crippen molar-refractivity contribution in [3.8, 4) is 16.9 Å². The second-order valence-corrected chi connectivity index (χ2v) is 5.14. The van der Waals surface area contributed by atoms with Crippen molar-refractivity contribution in [1.82, 2.24) is 0 Å². The first-order valence-corrected chi connectivity index (χ1v) is 7.32. The van der Waals surface area contributed by atoms with Crippen molar-refractivity contribution in [3.63, 3.8) is 0 Å². The van der Waals surface area contributed by atoms with Gasteiger partial charge in [-0.15, -0.1) is 0 Å². The molecule has 0 heterocycles. The van der Waals surface area contributed by atoms with Crippen molar-refractivity contribution in [2.45, 2.75) is 0 Å². The highest BCUT2D eigenvalue weighted by molar-refractivity contribution is 5.82. The summed E-state index contributed by atoms with van der Waals surface area (Å²) in [5.74, 6) is 0.869. The maximum atomic E-state index is 5.23. The summed E-state index contributed by atoms with van der Waals surface area (Å²) in [7, 11) is 3.77. The minimum atomic E-state index is 0.869. The molecule has 0 radical (unpaired) electrons. The molecule has 3 rings (SSSR count). The Morgan fingerprint density at radius 1 is 0.727 bits per heavy atom. The molecule has 22 heavy (non-hydrogen) atoms. The molecule has 2 nitrogen and oxygen atoms in total. The number of benzene rings is 3. The smallest absolute Gasteiger partial charge is 0.119 e. The number of nitrogens with zero attached hydrogens (tertiary/aromatic N) is 1. The summed E-state index contributed by atoms with van der Waals surface area (Å²) in [6, 6.07) is 27.0. The Morgan fingerprint density at radius 2 is 1.36 bits per heavy atom. The summed E-state index contributed by atoms with van der Waals surface area (Å²) in [6.45, 7) is 0. The van der Waals surface area contributed by atoms with E-state index in [2.05, 4.69) is 72.6 Å². The highest BCUT2D eigenvalue weighted by atomic mass is 16.5. The molecular weight excluding hydrogens is 270 g/mol. The quantitative estimate of drug-likeness (QED) is 0.660. The molecule has 0 bridgehead atoms. The Labute approximate surface area is 131 Å². The Morgan fingerprint density at radius 3 is 2.05 bits per heavy atom. The van der Waals surface area contributed by atoms with Crippen LogP contribution in [0, 0.1) is 0 Å². The summed E-state index contributed by atoms with van der Waals surface area (Å²) in [5.41, 5.74) is 4.75. The van der Waals surface area contributed by atoms with Crippen LogP contribution in [0.3, 0.4) is 0 Å². The largest absolute Gasteiger partial charge is 0.497 e. The van der Waals surface area contributed by atoms with Crippen LogP contribution in [0.25, 0.3) is 11.1 Å². The van der Waals surface area contributed by atoms with Crippen LogP contribution in [-0.4, -0.2) is 14.2 Å². The zero-order valence-electron chi connectivity index (χ0n) is 12.9. The Balaban J connectivity index is 2.00. The van der Waals surface area contributed by atoms with E-state index in [1.165, 1.54) is 16.8 Å². The van der Waals surface area contributed by atoms with E-state index in [9.17, 15) is 0 Å². The molecule has 0 amide bonds. The van der Waals surface area contributed by atoms with E-state index in [4.69, 9.17) is 4.74 Å². The zero-order valence-corrected chi connectivity index (χ0v) is 12.9. The van der Waals surface area contributed by atoms with Gasteiger partial charge in [-0.3, -0.25) is 0 Å². The van der Waals surface area contributed by atoms with Gasteiger partial charge in [0.05, 0.1) is 7.11 Å². The molecule has 0 saturated heterocycles. The number of hydrogen-bond donors (Lipinski definition) is 0. The van der Waals surface area contributed by atoms with E-state index < -0.39 is 0 Å². The van der Waals surface area contributed by atoms with Crippen LogP contribution in [0.5, 0.6) is 5.75 Å². The fraction of sp³-hybridized carbons (Fsp3) is 0.100. The van der Waals surface area contributed by atoms with Gasteiger partial charge in [-0.05, 0) is 35.9 Å². The van der Waals surface area contributed by atoms with E-state index in [-0.39, 0.29) is 0 Å². The normalized spacial score (nSPS) is 10.3. The number of rotatable bonds is 4. The monoisotopic (exact) mass is 289 g/mol. The summed E-state index contributed by atoms with van der Waals surface area (Å²) in [4.78, 5) is 2.20. The van der Waals surface area contributed by atoms with Gasteiger partial charge in [-0.25, -0.2) is 0 Å². The molecule has 0 spiro atoms. The van der Waals surface area contributed by atoms with Crippen molar-refractivity contribution in [1.29, 1.82) is 0 Å². The van der Waals surface area contributed by atoms with Gasteiger partial charge in [0.25, 0.3) is 0 Å². The van der Waals surface area contributed by atoms with Gasteiger partial charge in [0.1, 0.15) is 5.75 Å². The lowest BCUT2D eigenvalue weighted by atomic mass is 10.0. The average molecular weight is 289 g/mol. The topological polar surface area (TPSA) is 12.5 Å². The van der Waals surface area contributed by atoms with Gasteiger partial charge in [-0.1, -0.05) is 48.5 Å². The number of methoxy groups -OCH3 is 1. The molecule has 0 aromatic heterocycles. The molecule has 0 atom stereocenters. The lowest BCUT2D eigenvalue weighted by Gasteiger charge is -2.23. The molecule has 0 N–H and O–H groups in total. The molecule has 2 heteroatoms. The second-order valence-electron chi connectivity index (χ2n) is 5.14. The number of ether oxygens (including phenoxy) is 1. The van der Waals surface area contributed by atoms with Crippen LogP contribution in [0.1, 0.15) is 0 Å². The zero-order chi connectivity index (χ0) is 15.4. The Hall–Kier alpha value is -2.74. The maximum absolute atomic E-state index is 5.23. The fourth-order valence-corrected chi connectivity index (χ4v) is 2.57. The van der Waals surface area contributed by atoms with E-state index in [1.54, 1.807) is 7.11 Å². The standard InChI is InChI=1S/C20H19NO/c1-21(17-12-14-18(22-2)15-13-17)20-11-7-6-10-19(20)16-8-4-3-5-9-16/h3-15H,1-2H3. The second kappa shape index (κ2) is 6.35. The van der Waals surface area contributed by atoms with E-state index >= 15 is 0 Å². The number of para-hydroxylation sites is 1. The van der Waals surface area contributed by atoms with Crippen LogP contribution in [0.2, 0.25) is 0 Å². The molecule has 0 aliphatic carbocycles. The summed E-state index contributed by atoms with van der Waals surface area (Å²) < 4.78 is 5.23. The predicted molar refractivity (Wildman–Crippen MR) is 92.9 cm³/mol. The third-order valence-electron chi connectivity index (χ3n) is 3.81. The highest BCUT2D eigenvalue weighted by Crippen LogP contribution is 2.34. The van der Waals surface area contributed by atoms with Crippen molar-refractivity contribution < 1.29 is 4.74 Å². The van der Waals surface area contributed by atoms with Gasteiger partial charge in [-0.2, -0.15) is 0 Å². The number of hydrogen-bond acceptors (Lipinski definition) is 2. The van der Waals surface area contributed by atoms with Gasteiger partial charge < -0.3 is 9.64 Å². The minimum Gasteiger partial charge on any atom is -0.497 e. The molecule has 0 aliphatic rings. The molecule has 110 valence electrons. The summed E-state index contributed by atoms with van der Waals surface area (Å²) >= 11 is 0. The molecular formula is C20H19NO. The van der Waals surface area contributed by atoms with Crippen LogP contribution < -0.4 is 9.64 Å². The van der Waals surface area contributed by atoms with E-state index in [0.29, 0.717) is 0 Å². The Kier molecular flexibility index (Phi) is 4.10. The van der Waals surface area contributed by atoms with Crippen molar-refractivity contribution in [2.75, 3.05) is 19.1 Å². The lowest BCUT2D eigenvalue weighted by Crippen LogP contribution is -2.10. The van der Waals surface area contributed by atoms with Crippen LogP contribution in [0.4, 0.5) is 11.4 Å². The van der Waals surface area contributed by atoms with Crippen molar-refractivity contribution in [2.24, 2.45) is 0 Å². The van der Waals surface area contributed by atoms with Gasteiger partial charge in [0.15, 0.2) is 0 Å². The van der Waals surface area contributed by atoms with Crippen LogP contribution in [0.15, 0.2) is 78.9 Å². The number of anilines is 2. The van der Waals surface area contributed by atoms with Crippen LogP contribution in [-0.2, 0) is 0 Å². The third kappa shape index (κ3) is 2.82. The van der Waals surface area contributed by atoms with E-state index in [1.807, 2.05) is 18.2 Å². The van der Waals surface area contributed by atoms with E-state index in [0.717, 1.165) is 11.4 Å².